The lowest BCUT2D eigenvalue weighted by Crippen LogP contribution is -2.16. The predicted octanol–water partition coefficient (Wildman–Crippen LogP) is 1.16. The molecular formula is C9H14O3. The zero-order valence-corrected chi connectivity index (χ0v) is 7.66. The third kappa shape index (κ3) is 1.65. The summed E-state index contributed by atoms with van der Waals surface area (Å²) < 4.78 is 4.91. The molecule has 1 saturated heterocycles. The van der Waals surface area contributed by atoms with Gasteiger partial charge in [0.05, 0.1) is 5.92 Å². The summed E-state index contributed by atoms with van der Waals surface area (Å²) >= 11 is 0. The van der Waals surface area contributed by atoms with Gasteiger partial charge in [0.1, 0.15) is 0 Å². The maximum absolute atomic E-state index is 11.2. The van der Waals surface area contributed by atoms with E-state index in [4.69, 9.17) is 4.74 Å². The van der Waals surface area contributed by atoms with Gasteiger partial charge in [-0.3, -0.25) is 9.59 Å². The van der Waals surface area contributed by atoms with Crippen molar-refractivity contribution >= 4 is 11.8 Å². The second-order valence-corrected chi connectivity index (χ2v) is 3.62. The van der Waals surface area contributed by atoms with Crippen LogP contribution in [0, 0.1) is 11.8 Å². The van der Waals surface area contributed by atoms with Crippen molar-refractivity contribution in [3.8, 4) is 0 Å². The Bertz CT molecular complexity index is 208. The maximum atomic E-state index is 11.2. The van der Waals surface area contributed by atoms with Gasteiger partial charge in [-0.1, -0.05) is 13.8 Å². The molecule has 1 heterocycles. The molecule has 0 saturated carbocycles. The number of Topliss-reactive ketones (excluding diaryl/α,β-unsaturated/α-hetero) is 1. The van der Waals surface area contributed by atoms with Crippen molar-refractivity contribution in [3.05, 3.63) is 0 Å². The molecule has 12 heavy (non-hydrogen) atoms. The summed E-state index contributed by atoms with van der Waals surface area (Å²) in [5.41, 5.74) is 0. The largest absolute Gasteiger partial charge is 0.454 e. The van der Waals surface area contributed by atoms with E-state index in [1.54, 1.807) is 0 Å². The number of rotatable bonds is 2. The van der Waals surface area contributed by atoms with Crippen LogP contribution in [-0.4, -0.2) is 17.9 Å². The first-order valence-corrected chi connectivity index (χ1v) is 4.23. The number of carbonyl (C=O) groups excluding carboxylic acids is 2. The first-order valence-electron chi connectivity index (χ1n) is 4.23. The van der Waals surface area contributed by atoms with Gasteiger partial charge in [-0.2, -0.15) is 0 Å². The molecule has 0 bridgehead atoms. The van der Waals surface area contributed by atoms with Crippen molar-refractivity contribution in [1.82, 2.24) is 0 Å². The fourth-order valence-corrected chi connectivity index (χ4v) is 1.40. The molecule has 0 N–H and O–H groups in total. The third-order valence-corrected chi connectivity index (χ3v) is 2.29. The molecule has 0 radical (unpaired) electrons. The summed E-state index contributed by atoms with van der Waals surface area (Å²) in [6, 6.07) is 0. The highest BCUT2D eigenvalue weighted by atomic mass is 16.6. The third-order valence-electron chi connectivity index (χ3n) is 2.29. The van der Waals surface area contributed by atoms with Gasteiger partial charge in [0.2, 0.25) is 0 Å². The Labute approximate surface area is 72.1 Å². The molecule has 0 aromatic carbocycles. The number of hydrogen-bond acceptors (Lipinski definition) is 3. The predicted molar refractivity (Wildman–Crippen MR) is 43.5 cm³/mol. The van der Waals surface area contributed by atoms with Crippen molar-refractivity contribution in [2.45, 2.75) is 33.3 Å². The lowest BCUT2D eigenvalue weighted by atomic mass is 9.92. The number of ketones is 1. The van der Waals surface area contributed by atoms with Crippen molar-refractivity contribution < 1.29 is 14.3 Å². The summed E-state index contributed by atoms with van der Waals surface area (Å²) in [6.45, 7) is 5.39. The Hall–Kier alpha value is -0.860. The highest BCUT2D eigenvalue weighted by molar-refractivity contribution is 5.87. The summed E-state index contributed by atoms with van der Waals surface area (Å²) in [5.74, 6) is -0.0857. The average molecular weight is 170 g/mol. The SMILES string of the molecule is CC(=O)C1CC(C(C)C)C(=O)O1. The first-order chi connectivity index (χ1) is 5.52. The molecule has 1 rings (SSSR count). The van der Waals surface area contributed by atoms with Crippen LogP contribution in [-0.2, 0) is 14.3 Å². The molecule has 1 fully saturated rings. The van der Waals surface area contributed by atoms with Gasteiger partial charge in [0, 0.05) is 6.42 Å². The smallest absolute Gasteiger partial charge is 0.310 e. The molecule has 0 amide bonds. The zero-order valence-electron chi connectivity index (χ0n) is 7.66. The minimum atomic E-state index is -0.482. The Kier molecular flexibility index (Phi) is 2.50. The monoisotopic (exact) mass is 170 g/mol. The lowest BCUT2D eigenvalue weighted by molar-refractivity contribution is -0.149. The van der Waals surface area contributed by atoms with Crippen molar-refractivity contribution in [2.24, 2.45) is 11.8 Å². The van der Waals surface area contributed by atoms with E-state index in [1.807, 2.05) is 13.8 Å². The van der Waals surface area contributed by atoms with Crippen molar-refractivity contribution in [2.75, 3.05) is 0 Å². The van der Waals surface area contributed by atoms with Crippen molar-refractivity contribution in [1.29, 1.82) is 0 Å². The van der Waals surface area contributed by atoms with Crippen LogP contribution in [0.25, 0.3) is 0 Å². The molecule has 0 spiro atoms. The number of cyclic esters (lactones) is 1. The van der Waals surface area contributed by atoms with Gasteiger partial charge in [-0.05, 0) is 12.8 Å². The van der Waals surface area contributed by atoms with E-state index in [9.17, 15) is 9.59 Å². The van der Waals surface area contributed by atoms with Gasteiger partial charge < -0.3 is 4.74 Å². The maximum Gasteiger partial charge on any atom is 0.310 e. The van der Waals surface area contributed by atoms with Crippen LogP contribution in [0.3, 0.4) is 0 Å². The van der Waals surface area contributed by atoms with E-state index in [0.29, 0.717) is 6.42 Å². The normalized spacial score (nSPS) is 29.2. The molecule has 3 nitrogen and oxygen atoms in total. The van der Waals surface area contributed by atoms with E-state index in [1.165, 1.54) is 6.92 Å². The molecule has 2 atom stereocenters. The van der Waals surface area contributed by atoms with Crippen LogP contribution in [0.15, 0.2) is 0 Å². The van der Waals surface area contributed by atoms with E-state index >= 15 is 0 Å². The zero-order chi connectivity index (χ0) is 9.30. The Morgan fingerprint density at radius 1 is 1.58 bits per heavy atom. The quantitative estimate of drug-likeness (QED) is 0.584. The molecular weight excluding hydrogens is 156 g/mol. The van der Waals surface area contributed by atoms with Crippen LogP contribution in [0.2, 0.25) is 0 Å². The summed E-state index contributed by atoms with van der Waals surface area (Å²) in [6.07, 6.45) is 0.0798. The Morgan fingerprint density at radius 2 is 2.17 bits per heavy atom. The van der Waals surface area contributed by atoms with Gasteiger partial charge in [0.15, 0.2) is 11.9 Å². The number of esters is 1. The Morgan fingerprint density at radius 3 is 2.42 bits per heavy atom. The van der Waals surface area contributed by atoms with Crippen LogP contribution >= 0.6 is 0 Å². The first kappa shape index (κ1) is 9.23. The minimum Gasteiger partial charge on any atom is -0.454 e. The van der Waals surface area contributed by atoms with Gasteiger partial charge in [0.25, 0.3) is 0 Å². The number of ether oxygens (including phenoxy) is 1. The Balaban J connectivity index is 2.62. The van der Waals surface area contributed by atoms with E-state index in [2.05, 4.69) is 0 Å². The fraction of sp³-hybridized carbons (Fsp3) is 0.778. The fourth-order valence-electron chi connectivity index (χ4n) is 1.40. The van der Waals surface area contributed by atoms with Crippen molar-refractivity contribution in [3.63, 3.8) is 0 Å². The second-order valence-electron chi connectivity index (χ2n) is 3.62. The van der Waals surface area contributed by atoms with Gasteiger partial charge in [-0.15, -0.1) is 0 Å². The number of carbonyl (C=O) groups is 2. The minimum absolute atomic E-state index is 0.0495. The number of hydrogen-bond donors (Lipinski definition) is 0. The van der Waals surface area contributed by atoms with E-state index in [0.717, 1.165) is 0 Å². The molecule has 3 heteroatoms. The standard InChI is InChI=1S/C9H14O3/c1-5(2)7-4-8(6(3)10)12-9(7)11/h5,7-8H,4H2,1-3H3. The highest BCUT2D eigenvalue weighted by Gasteiger charge is 2.38. The molecule has 1 aliphatic rings. The molecule has 2 unspecified atom stereocenters. The highest BCUT2D eigenvalue weighted by Crippen LogP contribution is 2.27. The van der Waals surface area contributed by atoms with Gasteiger partial charge >= 0.3 is 5.97 Å². The summed E-state index contributed by atoms with van der Waals surface area (Å²) in [4.78, 5) is 22.0. The molecule has 0 aliphatic carbocycles. The van der Waals surface area contributed by atoms with Crippen LogP contribution < -0.4 is 0 Å². The van der Waals surface area contributed by atoms with E-state index in [-0.39, 0.29) is 23.6 Å². The van der Waals surface area contributed by atoms with Gasteiger partial charge in [-0.25, -0.2) is 0 Å². The topological polar surface area (TPSA) is 43.4 Å². The second kappa shape index (κ2) is 3.25. The molecule has 0 aromatic rings. The molecule has 1 aliphatic heterocycles. The average Bonchev–Trinajstić information content (AvgIpc) is 2.30. The lowest BCUT2D eigenvalue weighted by Gasteiger charge is -2.07. The van der Waals surface area contributed by atoms with Crippen LogP contribution in [0.4, 0.5) is 0 Å². The van der Waals surface area contributed by atoms with E-state index < -0.39 is 6.10 Å². The van der Waals surface area contributed by atoms with Crippen LogP contribution in [0.5, 0.6) is 0 Å². The summed E-state index contributed by atoms with van der Waals surface area (Å²) in [7, 11) is 0. The van der Waals surface area contributed by atoms with Crippen LogP contribution in [0.1, 0.15) is 27.2 Å². The molecule has 0 aromatic heterocycles. The summed E-state index contributed by atoms with van der Waals surface area (Å²) in [5, 5.41) is 0. The molecule has 68 valence electrons.